The number of ether oxygens (including phenoxy) is 1. The standard InChI is InChI=1S/C18H29N5O3/c1-21-8-5-19-16(21)13-20-18(25)15-3-4-17(24)23(14-15)7-2-6-22-9-11-26-12-10-22/h5,8,15H,2-4,6-7,9-14H2,1H3,(H,20,25)/t15-/m0/s1. The molecule has 2 saturated heterocycles. The molecular weight excluding hydrogens is 334 g/mol. The molecule has 1 atom stereocenters. The summed E-state index contributed by atoms with van der Waals surface area (Å²) in [4.78, 5) is 33.1. The van der Waals surface area contributed by atoms with Gasteiger partial charge in [-0.1, -0.05) is 0 Å². The van der Waals surface area contributed by atoms with Gasteiger partial charge in [0, 0.05) is 58.6 Å². The van der Waals surface area contributed by atoms with Gasteiger partial charge < -0.3 is 19.5 Å². The van der Waals surface area contributed by atoms with Crippen LogP contribution in [0.5, 0.6) is 0 Å². The summed E-state index contributed by atoms with van der Waals surface area (Å²) in [7, 11) is 1.91. The van der Waals surface area contributed by atoms with Crippen LogP contribution in [0.2, 0.25) is 0 Å². The molecule has 1 aromatic rings. The molecular formula is C18H29N5O3. The Morgan fingerprint density at radius 3 is 2.88 bits per heavy atom. The third kappa shape index (κ3) is 5.04. The fourth-order valence-corrected chi connectivity index (χ4v) is 3.53. The highest BCUT2D eigenvalue weighted by Gasteiger charge is 2.30. The average Bonchev–Trinajstić information content (AvgIpc) is 3.07. The number of carbonyl (C=O) groups excluding carboxylic acids is 2. The summed E-state index contributed by atoms with van der Waals surface area (Å²) in [6, 6.07) is 0. The van der Waals surface area contributed by atoms with Crippen molar-refractivity contribution in [3.8, 4) is 0 Å². The van der Waals surface area contributed by atoms with Crippen LogP contribution in [0, 0.1) is 5.92 Å². The molecule has 1 N–H and O–H groups in total. The molecule has 0 unspecified atom stereocenters. The number of carbonyl (C=O) groups is 2. The van der Waals surface area contributed by atoms with E-state index in [0.717, 1.165) is 51.6 Å². The van der Waals surface area contributed by atoms with Crippen LogP contribution >= 0.6 is 0 Å². The first-order chi connectivity index (χ1) is 12.6. The van der Waals surface area contributed by atoms with Gasteiger partial charge in [0.2, 0.25) is 11.8 Å². The Morgan fingerprint density at radius 2 is 2.15 bits per heavy atom. The number of aromatic nitrogens is 2. The summed E-state index contributed by atoms with van der Waals surface area (Å²) in [5.74, 6) is 0.878. The van der Waals surface area contributed by atoms with E-state index in [1.54, 1.807) is 6.20 Å². The van der Waals surface area contributed by atoms with Gasteiger partial charge in [-0.05, 0) is 12.8 Å². The molecule has 8 nitrogen and oxygen atoms in total. The van der Waals surface area contributed by atoms with E-state index in [4.69, 9.17) is 4.74 Å². The third-order valence-corrected chi connectivity index (χ3v) is 5.22. The monoisotopic (exact) mass is 363 g/mol. The van der Waals surface area contributed by atoms with Crippen molar-refractivity contribution in [2.24, 2.45) is 13.0 Å². The minimum atomic E-state index is -0.128. The maximum absolute atomic E-state index is 12.5. The number of amides is 2. The van der Waals surface area contributed by atoms with E-state index in [-0.39, 0.29) is 17.7 Å². The van der Waals surface area contributed by atoms with Crippen molar-refractivity contribution in [1.82, 2.24) is 24.7 Å². The first kappa shape index (κ1) is 18.8. The maximum Gasteiger partial charge on any atom is 0.225 e. The number of hydrogen-bond acceptors (Lipinski definition) is 5. The lowest BCUT2D eigenvalue weighted by atomic mass is 9.96. The van der Waals surface area contributed by atoms with Crippen LogP contribution in [0.1, 0.15) is 25.1 Å². The lowest BCUT2D eigenvalue weighted by Gasteiger charge is -2.33. The lowest BCUT2D eigenvalue weighted by molar-refractivity contribution is -0.138. The van der Waals surface area contributed by atoms with Gasteiger partial charge in [-0.3, -0.25) is 14.5 Å². The van der Waals surface area contributed by atoms with Crippen molar-refractivity contribution >= 4 is 11.8 Å². The summed E-state index contributed by atoms with van der Waals surface area (Å²) in [6.07, 6.45) is 5.60. The highest BCUT2D eigenvalue weighted by Crippen LogP contribution is 2.18. The van der Waals surface area contributed by atoms with Crippen LogP contribution in [-0.2, 0) is 27.9 Å². The third-order valence-electron chi connectivity index (χ3n) is 5.22. The van der Waals surface area contributed by atoms with Crippen LogP contribution in [-0.4, -0.2) is 77.1 Å². The lowest BCUT2D eigenvalue weighted by Crippen LogP contribution is -2.46. The van der Waals surface area contributed by atoms with Crippen LogP contribution in [0.4, 0.5) is 0 Å². The van der Waals surface area contributed by atoms with E-state index < -0.39 is 0 Å². The number of nitrogens with zero attached hydrogens (tertiary/aromatic N) is 4. The minimum absolute atomic E-state index is 0.0127. The van der Waals surface area contributed by atoms with Crippen molar-refractivity contribution in [2.75, 3.05) is 45.9 Å². The van der Waals surface area contributed by atoms with Gasteiger partial charge in [0.25, 0.3) is 0 Å². The van der Waals surface area contributed by atoms with E-state index in [1.807, 2.05) is 22.7 Å². The predicted octanol–water partition coefficient (Wildman–Crippen LogP) is -0.00280. The Kier molecular flexibility index (Phi) is 6.62. The van der Waals surface area contributed by atoms with Gasteiger partial charge in [0.15, 0.2) is 0 Å². The van der Waals surface area contributed by atoms with Gasteiger partial charge in [-0.2, -0.15) is 0 Å². The van der Waals surface area contributed by atoms with Crippen LogP contribution < -0.4 is 5.32 Å². The molecule has 2 aliphatic rings. The number of rotatable bonds is 7. The normalized spacial score (nSPS) is 21.8. The van der Waals surface area contributed by atoms with Crippen molar-refractivity contribution in [3.63, 3.8) is 0 Å². The second kappa shape index (κ2) is 9.14. The summed E-state index contributed by atoms with van der Waals surface area (Å²) >= 11 is 0. The molecule has 2 fully saturated rings. The van der Waals surface area contributed by atoms with Crippen molar-refractivity contribution in [2.45, 2.75) is 25.8 Å². The Bertz CT molecular complexity index is 612. The van der Waals surface area contributed by atoms with Gasteiger partial charge in [-0.25, -0.2) is 4.98 Å². The number of hydrogen-bond donors (Lipinski definition) is 1. The molecule has 3 rings (SSSR count). The summed E-state index contributed by atoms with van der Waals surface area (Å²) in [6.45, 7) is 6.15. The number of aryl methyl sites for hydroxylation is 1. The van der Waals surface area contributed by atoms with E-state index in [2.05, 4.69) is 15.2 Å². The average molecular weight is 363 g/mol. The van der Waals surface area contributed by atoms with Crippen LogP contribution in [0.15, 0.2) is 12.4 Å². The molecule has 0 saturated carbocycles. The molecule has 144 valence electrons. The van der Waals surface area contributed by atoms with Gasteiger partial charge in [0.1, 0.15) is 5.82 Å². The fraction of sp³-hybridized carbons (Fsp3) is 0.722. The molecule has 26 heavy (non-hydrogen) atoms. The van der Waals surface area contributed by atoms with Crippen LogP contribution in [0.3, 0.4) is 0 Å². The minimum Gasteiger partial charge on any atom is -0.379 e. The molecule has 0 bridgehead atoms. The molecule has 2 amide bonds. The summed E-state index contributed by atoms with van der Waals surface area (Å²) in [5.41, 5.74) is 0. The van der Waals surface area contributed by atoms with E-state index >= 15 is 0 Å². The van der Waals surface area contributed by atoms with E-state index in [1.165, 1.54) is 0 Å². The molecule has 0 aromatic carbocycles. The first-order valence-corrected chi connectivity index (χ1v) is 9.45. The molecule has 1 aromatic heterocycles. The Hall–Kier alpha value is -1.93. The fourth-order valence-electron chi connectivity index (χ4n) is 3.53. The summed E-state index contributed by atoms with van der Waals surface area (Å²) < 4.78 is 7.25. The zero-order valence-electron chi connectivity index (χ0n) is 15.5. The molecule has 8 heteroatoms. The van der Waals surface area contributed by atoms with Crippen molar-refractivity contribution in [3.05, 3.63) is 18.2 Å². The second-order valence-corrected chi connectivity index (χ2v) is 7.06. The maximum atomic E-state index is 12.5. The summed E-state index contributed by atoms with van der Waals surface area (Å²) in [5, 5.41) is 2.96. The SMILES string of the molecule is Cn1ccnc1CNC(=O)[C@H]1CCC(=O)N(CCCN2CCOCC2)C1. The number of nitrogens with one attached hydrogen (secondary N) is 1. The predicted molar refractivity (Wildman–Crippen MR) is 96.2 cm³/mol. The van der Waals surface area contributed by atoms with Gasteiger partial charge in [-0.15, -0.1) is 0 Å². The van der Waals surface area contributed by atoms with Gasteiger partial charge >= 0.3 is 0 Å². The second-order valence-electron chi connectivity index (χ2n) is 7.06. The van der Waals surface area contributed by atoms with Crippen LogP contribution in [0.25, 0.3) is 0 Å². The largest absolute Gasteiger partial charge is 0.379 e. The van der Waals surface area contributed by atoms with E-state index in [9.17, 15) is 9.59 Å². The molecule has 3 heterocycles. The Morgan fingerprint density at radius 1 is 1.35 bits per heavy atom. The molecule has 0 radical (unpaired) electrons. The Balaban J connectivity index is 1.42. The number of morpholine rings is 1. The van der Waals surface area contributed by atoms with Crippen molar-refractivity contribution < 1.29 is 14.3 Å². The zero-order valence-corrected chi connectivity index (χ0v) is 15.5. The number of piperidine rings is 1. The topological polar surface area (TPSA) is 79.7 Å². The molecule has 0 aliphatic carbocycles. The van der Waals surface area contributed by atoms with Crippen molar-refractivity contribution in [1.29, 1.82) is 0 Å². The highest BCUT2D eigenvalue weighted by atomic mass is 16.5. The molecule has 0 spiro atoms. The van der Waals surface area contributed by atoms with E-state index in [0.29, 0.717) is 25.9 Å². The smallest absolute Gasteiger partial charge is 0.225 e. The number of likely N-dealkylation sites (tertiary alicyclic amines) is 1. The van der Waals surface area contributed by atoms with Gasteiger partial charge in [0.05, 0.1) is 25.7 Å². The zero-order chi connectivity index (χ0) is 18.4. The first-order valence-electron chi connectivity index (χ1n) is 9.45. The molecule has 2 aliphatic heterocycles. The highest BCUT2D eigenvalue weighted by molar-refractivity contribution is 5.83. The number of imidazole rings is 1. The Labute approximate surface area is 154 Å². The quantitative estimate of drug-likeness (QED) is 0.738.